The first kappa shape index (κ1) is 33.0. The molecule has 0 aliphatic carbocycles. The number of carbonyl (C=O) groups is 2. The van der Waals surface area contributed by atoms with Crippen LogP contribution < -0.4 is 20.3 Å². The third kappa shape index (κ3) is 8.34. The fourth-order valence-corrected chi connectivity index (χ4v) is 6.04. The van der Waals surface area contributed by atoms with Crippen LogP contribution in [-0.2, 0) is 14.3 Å². The van der Waals surface area contributed by atoms with E-state index in [2.05, 4.69) is 53.6 Å². The summed E-state index contributed by atoms with van der Waals surface area (Å²) in [7, 11) is 0. The molecule has 13 nitrogen and oxygen atoms in total. The first-order valence-corrected chi connectivity index (χ1v) is 16.4. The van der Waals surface area contributed by atoms with Crippen molar-refractivity contribution in [1.29, 1.82) is 5.26 Å². The van der Waals surface area contributed by atoms with Crippen molar-refractivity contribution >= 4 is 29.6 Å². The number of anilines is 3. The lowest BCUT2D eigenvalue weighted by atomic mass is 10.1. The highest BCUT2D eigenvalue weighted by Crippen LogP contribution is 2.29. The number of halogens is 1. The highest BCUT2D eigenvalue weighted by atomic mass is 19.1. The number of aromatic nitrogens is 3. The molecule has 2 unspecified atom stereocenters. The minimum atomic E-state index is -1.33. The van der Waals surface area contributed by atoms with Gasteiger partial charge in [-0.1, -0.05) is 0 Å². The van der Waals surface area contributed by atoms with Crippen LogP contribution in [0.5, 0.6) is 5.75 Å². The molecule has 0 radical (unpaired) electrons. The highest BCUT2D eigenvalue weighted by Gasteiger charge is 2.31. The van der Waals surface area contributed by atoms with Crippen LogP contribution >= 0.6 is 0 Å². The van der Waals surface area contributed by atoms with Gasteiger partial charge in [0.25, 0.3) is 0 Å². The summed E-state index contributed by atoms with van der Waals surface area (Å²) in [5, 5.41) is 15.7. The molecule has 48 heavy (non-hydrogen) atoms. The lowest BCUT2D eigenvalue weighted by Gasteiger charge is -2.43. The molecule has 0 spiro atoms. The average molecular weight is 658 g/mol. The van der Waals surface area contributed by atoms with Crippen molar-refractivity contribution < 1.29 is 23.5 Å². The molecular weight excluding hydrogens is 617 g/mol. The summed E-state index contributed by atoms with van der Waals surface area (Å²) in [6.07, 6.45) is 3.32. The Labute approximate surface area is 279 Å². The molecule has 2 aromatic carbocycles. The molecule has 0 saturated carbocycles. The van der Waals surface area contributed by atoms with Gasteiger partial charge in [-0.25, -0.2) is 14.4 Å². The lowest BCUT2D eigenvalue weighted by molar-refractivity contribution is -0.122. The van der Waals surface area contributed by atoms with Gasteiger partial charge in [-0.2, -0.15) is 10.2 Å². The second-order valence-electron chi connectivity index (χ2n) is 12.2. The van der Waals surface area contributed by atoms with Crippen LogP contribution in [0.25, 0.3) is 11.4 Å². The van der Waals surface area contributed by atoms with Gasteiger partial charge in [0.05, 0.1) is 31.4 Å². The lowest BCUT2D eigenvalue weighted by Crippen LogP contribution is -2.56. The molecule has 14 heteroatoms. The number of likely N-dealkylation sites (tertiary alicyclic amines) is 1. The Kier molecular flexibility index (Phi) is 10.9. The van der Waals surface area contributed by atoms with Crippen molar-refractivity contribution in [2.45, 2.75) is 44.0 Å². The van der Waals surface area contributed by atoms with Crippen LogP contribution in [0, 0.1) is 11.3 Å². The standard InChI is InChI=1S/C29H31FN8O3.C5H9NO/c30-25-15-36(19-39)8-7-27(25)41-26-6-1-20(13-21(26)14-31)28-32-18-33-29(35-28)34-22-2-4-23(5-3-22)37-9-11-38(12-10-37)24-16-40-17-24;7-5-3-1-2-4-6-5/h1-6,13,18-19,24-25,27H,7-12,15-17H2,(H,32,33,34,35);1-4H2,(H,6,7). The molecule has 4 fully saturated rings. The molecule has 4 aliphatic heterocycles. The van der Waals surface area contributed by atoms with Gasteiger partial charge in [0, 0.05) is 69.0 Å². The van der Waals surface area contributed by atoms with Crippen molar-refractivity contribution in [1.82, 2.24) is 30.1 Å². The Morgan fingerprint density at radius 3 is 2.50 bits per heavy atom. The molecule has 0 bridgehead atoms. The van der Waals surface area contributed by atoms with E-state index in [0.717, 1.165) is 70.9 Å². The van der Waals surface area contributed by atoms with Gasteiger partial charge in [0.15, 0.2) is 12.0 Å². The summed E-state index contributed by atoms with van der Waals surface area (Å²) in [4.78, 5) is 40.6. The number of nitrogens with zero attached hydrogens (tertiary/aromatic N) is 7. The number of nitrogens with one attached hydrogen (secondary N) is 2. The zero-order valence-corrected chi connectivity index (χ0v) is 26.8. The summed E-state index contributed by atoms with van der Waals surface area (Å²) in [5.74, 6) is 1.26. The number of hydrogen-bond donors (Lipinski definition) is 2. The number of hydrogen-bond acceptors (Lipinski definition) is 11. The van der Waals surface area contributed by atoms with Gasteiger partial charge < -0.3 is 29.9 Å². The van der Waals surface area contributed by atoms with E-state index in [4.69, 9.17) is 9.47 Å². The van der Waals surface area contributed by atoms with Crippen LogP contribution in [0.2, 0.25) is 0 Å². The maximum absolute atomic E-state index is 14.5. The van der Waals surface area contributed by atoms with E-state index < -0.39 is 12.3 Å². The Bertz CT molecular complexity index is 1580. The zero-order valence-electron chi connectivity index (χ0n) is 26.8. The molecule has 4 saturated heterocycles. The van der Waals surface area contributed by atoms with E-state index in [-0.39, 0.29) is 23.8 Å². The predicted octanol–water partition coefficient (Wildman–Crippen LogP) is 2.91. The maximum Gasteiger partial charge on any atom is 0.230 e. The third-order valence-corrected chi connectivity index (χ3v) is 8.96. The first-order valence-electron chi connectivity index (χ1n) is 16.4. The fraction of sp³-hybridized carbons (Fsp3) is 0.471. The van der Waals surface area contributed by atoms with Crippen molar-refractivity contribution in [3.8, 4) is 23.2 Å². The smallest absolute Gasteiger partial charge is 0.230 e. The zero-order chi connectivity index (χ0) is 33.3. The van der Waals surface area contributed by atoms with Gasteiger partial charge >= 0.3 is 0 Å². The molecule has 5 heterocycles. The van der Waals surface area contributed by atoms with E-state index >= 15 is 0 Å². The molecule has 2 N–H and O–H groups in total. The van der Waals surface area contributed by atoms with E-state index in [1.165, 1.54) is 16.9 Å². The second kappa shape index (κ2) is 15.8. The average Bonchev–Trinajstić information content (AvgIpc) is 3.10. The largest absolute Gasteiger partial charge is 0.486 e. The van der Waals surface area contributed by atoms with Gasteiger partial charge in [-0.05, 0) is 55.3 Å². The van der Waals surface area contributed by atoms with Crippen LogP contribution in [-0.4, -0.2) is 114 Å². The predicted molar refractivity (Wildman–Crippen MR) is 177 cm³/mol. The number of benzene rings is 2. The van der Waals surface area contributed by atoms with Crippen LogP contribution in [0.15, 0.2) is 48.8 Å². The number of rotatable bonds is 8. The highest BCUT2D eigenvalue weighted by molar-refractivity contribution is 5.76. The van der Waals surface area contributed by atoms with Gasteiger partial charge in [-0.15, -0.1) is 0 Å². The Morgan fingerprint density at radius 1 is 1.06 bits per heavy atom. The van der Waals surface area contributed by atoms with Crippen molar-refractivity contribution in [2.75, 3.05) is 69.2 Å². The van der Waals surface area contributed by atoms with Gasteiger partial charge in [-0.3, -0.25) is 14.5 Å². The Balaban J connectivity index is 0.000000510. The second-order valence-corrected chi connectivity index (χ2v) is 12.2. The minimum absolute atomic E-state index is 0.0228. The molecule has 2 atom stereocenters. The SMILES string of the molecule is N#Cc1cc(-c2ncnc(Nc3ccc(N4CCN(C5COC5)CC4)cc3)n2)ccc1OC1CCN(C=O)CC1F.O=C1CCCCN1. The fourth-order valence-electron chi connectivity index (χ4n) is 6.04. The number of alkyl halides is 1. The molecule has 2 amide bonds. The summed E-state index contributed by atoms with van der Waals surface area (Å²) in [5.41, 5.74) is 2.88. The monoisotopic (exact) mass is 657 g/mol. The van der Waals surface area contributed by atoms with Crippen molar-refractivity contribution in [3.05, 3.63) is 54.4 Å². The van der Waals surface area contributed by atoms with E-state index in [9.17, 15) is 19.2 Å². The minimum Gasteiger partial charge on any atom is -0.486 e. The number of carbonyl (C=O) groups excluding carboxylic acids is 2. The van der Waals surface area contributed by atoms with Crippen molar-refractivity contribution in [2.24, 2.45) is 0 Å². The molecule has 4 aliphatic rings. The van der Waals surface area contributed by atoms with Gasteiger partial charge in [0.1, 0.15) is 24.3 Å². The van der Waals surface area contributed by atoms with Gasteiger partial charge in [0.2, 0.25) is 18.3 Å². The summed E-state index contributed by atoms with van der Waals surface area (Å²) >= 11 is 0. The van der Waals surface area contributed by atoms with Crippen LogP contribution in [0.4, 0.5) is 21.7 Å². The maximum atomic E-state index is 14.5. The number of amides is 2. The summed E-state index contributed by atoms with van der Waals surface area (Å²) < 4.78 is 25.7. The van der Waals surface area contributed by atoms with Crippen molar-refractivity contribution in [3.63, 3.8) is 0 Å². The molecule has 252 valence electrons. The van der Waals surface area contributed by atoms with E-state index in [1.807, 2.05) is 12.1 Å². The third-order valence-electron chi connectivity index (χ3n) is 8.96. The number of ether oxygens (including phenoxy) is 2. The summed E-state index contributed by atoms with van der Waals surface area (Å²) in [6, 6.07) is 15.9. The number of piperazine rings is 1. The molecule has 7 rings (SSSR count). The van der Waals surface area contributed by atoms with Crippen LogP contribution in [0.1, 0.15) is 31.2 Å². The molecule has 1 aromatic heterocycles. The van der Waals surface area contributed by atoms with Crippen LogP contribution in [0.3, 0.4) is 0 Å². The number of nitriles is 1. The molecule has 3 aromatic rings. The topological polar surface area (TPSA) is 149 Å². The summed E-state index contributed by atoms with van der Waals surface area (Å²) in [6.45, 7) is 7.03. The Hall–Kier alpha value is -4.87. The normalized spacial score (nSPS) is 21.5. The first-order chi connectivity index (χ1) is 23.5. The van der Waals surface area contributed by atoms with E-state index in [0.29, 0.717) is 42.8 Å². The molecular formula is C34H40FN9O4. The number of piperidine rings is 2. The Morgan fingerprint density at radius 2 is 1.88 bits per heavy atom. The quantitative estimate of drug-likeness (QED) is 0.345. The van der Waals surface area contributed by atoms with E-state index in [1.54, 1.807) is 18.2 Å².